The summed E-state index contributed by atoms with van der Waals surface area (Å²) < 4.78 is 19.9. The van der Waals surface area contributed by atoms with Crippen LogP contribution in [0.2, 0.25) is 18.1 Å². The number of pyridine rings is 1. The minimum absolute atomic E-state index is 0.0612. The summed E-state index contributed by atoms with van der Waals surface area (Å²) in [5.74, 6) is -1.87. The van der Waals surface area contributed by atoms with E-state index in [4.69, 9.17) is 15.3 Å². The van der Waals surface area contributed by atoms with Gasteiger partial charge in [0, 0.05) is 17.0 Å². The molecule has 0 saturated heterocycles. The Labute approximate surface area is 141 Å². The van der Waals surface area contributed by atoms with Crippen molar-refractivity contribution in [1.82, 2.24) is 4.98 Å². The average Bonchev–Trinajstić information content (AvgIpc) is 2.43. The van der Waals surface area contributed by atoms with E-state index in [-0.39, 0.29) is 16.4 Å². The van der Waals surface area contributed by atoms with Gasteiger partial charge >= 0.3 is 5.97 Å². The molecule has 0 amide bonds. The lowest BCUT2D eigenvalue weighted by Gasteiger charge is -2.36. The number of hydrogen-bond donors (Lipinski definition) is 2. The van der Waals surface area contributed by atoms with Crippen LogP contribution in [0.1, 0.15) is 36.7 Å². The van der Waals surface area contributed by atoms with Gasteiger partial charge in [-0.3, -0.25) is 0 Å². The highest BCUT2D eigenvalue weighted by molar-refractivity contribution is 6.74. The molecule has 0 radical (unpaired) electrons. The molecule has 7 heteroatoms. The summed E-state index contributed by atoms with van der Waals surface area (Å²) >= 11 is 0. The Kier molecular flexibility index (Phi) is 4.69. The molecule has 0 spiro atoms. The van der Waals surface area contributed by atoms with Crippen LogP contribution in [-0.2, 0) is 11.0 Å². The normalized spacial score (nSPS) is 12.6. The van der Waals surface area contributed by atoms with E-state index in [1.165, 1.54) is 6.07 Å². The maximum absolute atomic E-state index is 13.8. The highest BCUT2D eigenvalue weighted by Gasteiger charge is 2.37. The van der Waals surface area contributed by atoms with E-state index in [1.807, 2.05) is 0 Å². The number of fused-ring (bicyclic) bond motifs is 1. The van der Waals surface area contributed by atoms with E-state index < -0.39 is 20.1 Å². The number of aromatic nitrogens is 1. The molecular weight excluding hydrogens is 327 g/mol. The summed E-state index contributed by atoms with van der Waals surface area (Å²) in [6.07, 6.45) is 0. The Hall–Kier alpha value is -1.99. The van der Waals surface area contributed by atoms with E-state index in [2.05, 4.69) is 38.8 Å². The van der Waals surface area contributed by atoms with Gasteiger partial charge in [0.1, 0.15) is 11.6 Å². The predicted octanol–water partition coefficient (Wildman–Crippen LogP) is 4.18. The first-order valence-corrected chi connectivity index (χ1v) is 10.6. The van der Waals surface area contributed by atoms with E-state index in [0.717, 1.165) is 6.07 Å². The second-order valence-electron chi connectivity index (χ2n) is 7.41. The number of nitrogen functional groups attached to an aromatic ring is 1. The number of aromatic carboxylic acids is 1. The molecule has 0 bridgehead atoms. The van der Waals surface area contributed by atoms with Gasteiger partial charge in [0.15, 0.2) is 8.32 Å². The quantitative estimate of drug-likeness (QED) is 0.808. The first-order valence-electron chi connectivity index (χ1n) is 7.68. The van der Waals surface area contributed by atoms with Crippen LogP contribution in [-0.4, -0.2) is 24.4 Å². The van der Waals surface area contributed by atoms with Gasteiger partial charge in [-0.2, -0.15) is 0 Å². The summed E-state index contributed by atoms with van der Waals surface area (Å²) in [5, 5.41) is 9.63. The van der Waals surface area contributed by atoms with Gasteiger partial charge in [-0.05, 0) is 30.3 Å². The number of carbonyl (C=O) groups is 1. The number of halogens is 1. The number of nitrogens with zero attached hydrogens (tertiary/aromatic N) is 1. The van der Waals surface area contributed by atoms with Gasteiger partial charge in [-0.1, -0.05) is 20.8 Å². The Balaban J connectivity index is 2.40. The van der Waals surface area contributed by atoms with Gasteiger partial charge in [0.25, 0.3) is 0 Å². The van der Waals surface area contributed by atoms with Crippen LogP contribution in [0.5, 0.6) is 0 Å². The zero-order chi connectivity index (χ0) is 18.3. The third-order valence-corrected chi connectivity index (χ3v) is 9.12. The molecule has 0 aliphatic heterocycles. The highest BCUT2D eigenvalue weighted by atomic mass is 28.4. The summed E-state index contributed by atoms with van der Waals surface area (Å²) in [6, 6.07) is 4.08. The number of benzene rings is 1. The summed E-state index contributed by atoms with van der Waals surface area (Å²) in [5.41, 5.74) is 6.58. The number of nitrogens with two attached hydrogens (primary N) is 1. The zero-order valence-corrected chi connectivity index (χ0v) is 15.6. The zero-order valence-electron chi connectivity index (χ0n) is 14.6. The molecule has 3 N–H and O–H groups in total. The molecule has 0 fully saturated rings. The molecule has 0 aliphatic rings. The van der Waals surface area contributed by atoms with E-state index in [1.54, 1.807) is 6.07 Å². The molecule has 0 unspecified atom stereocenters. The Morgan fingerprint density at radius 1 is 1.33 bits per heavy atom. The van der Waals surface area contributed by atoms with Crippen molar-refractivity contribution in [2.75, 3.05) is 5.73 Å². The summed E-state index contributed by atoms with van der Waals surface area (Å²) in [6.45, 7) is 11.0. The van der Waals surface area contributed by atoms with E-state index in [0.29, 0.717) is 23.1 Å². The molecule has 0 saturated carbocycles. The van der Waals surface area contributed by atoms with Crippen LogP contribution in [0.4, 0.5) is 10.2 Å². The fourth-order valence-corrected chi connectivity index (χ4v) is 2.96. The van der Waals surface area contributed by atoms with Gasteiger partial charge < -0.3 is 15.3 Å². The highest BCUT2D eigenvalue weighted by Crippen LogP contribution is 2.37. The van der Waals surface area contributed by atoms with Crippen LogP contribution in [0, 0.1) is 5.82 Å². The molecular formula is C17H23FN2O3Si. The maximum atomic E-state index is 13.8. The van der Waals surface area contributed by atoms with E-state index >= 15 is 0 Å². The van der Waals surface area contributed by atoms with Gasteiger partial charge in [0.05, 0.1) is 17.7 Å². The predicted molar refractivity (Wildman–Crippen MR) is 95.1 cm³/mol. The van der Waals surface area contributed by atoms with Crippen molar-refractivity contribution < 1.29 is 18.7 Å². The number of carboxylic acid groups (broad SMARTS) is 1. The second-order valence-corrected chi connectivity index (χ2v) is 12.2. The molecule has 130 valence electrons. The number of rotatable bonds is 4. The van der Waals surface area contributed by atoms with Crippen molar-refractivity contribution in [2.24, 2.45) is 0 Å². The maximum Gasteiger partial charge on any atom is 0.338 e. The molecule has 1 heterocycles. The number of hydrogen-bond acceptors (Lipinski definition) is 4. The molecule has 1 aromatic carbocycles. The third-order valence-electron chi connectivity index (χ3n) is 4.64. The average molecular weight is 350 g/mol. The van der Waals surface area contributed by atoms with Crippen molar-refractivity contribution in [3.63, 3.8) is 0 Å². The second kappa shape index (κ2) is 6.14. The summed E-state index contributed by atoms with van der Waals surface area (Å²) in [7, 11) is -1.95. The first-order chi connectivity index (χ1) is 10.9. The molecule has 0 atom stereocenters. The van der Waals surface area contributed by atoms with Gasteiger partial charge in [0.2, 0.25) is 0 Å². The lowest BCUT2D eigenvalue weighted by Crippen LogP contribution is -2.40. The smallest absolute Gasteiger partial charge is 0.338 e. The fourth-order valence-electron chi connectivity index (χ4n) is 2.01. The lowest BCUT2D eigenvalue weighted by molar-refractivity contribution is 0.0692. The van der Waals surface area contributed by atoms with Crippen LogP contribution >= 0.6 is 0 Å². The van der Waals surface area contributed by atoms with Crippen LogP contribution < -0.4 is 5.73 Å². The van der Waals surface area contributed by atoms with Crippen molar-refractivity contribution >= 4 is 31.0 Å². The van der Waals surface area contributed by atoms with Crippen molar-refractivity contribution in [3.8, 4) is 0 Å². The van der Waals surface area contributed by atoms with Crippen molar-refractivity contribution in [2.45, 2.75) is 45.5 Å². The first kappa shape index (κ1) is 18.3. The molecule has 0 aliphatic carbocycles. The SMILES string of the molecule is CC(C)(C)[Si](C)(C)OCc1cc2cc(C(=O)O)c(F)cc2nc1N. The van der Waals surface area contributed by atoms with Crippen LogP contribution in [0.25, 0.3) is 10.9 Å². The lowest BCUT2D eigenvalue weighted by atomic mass is 10.1. The molecule has 5 nitrogen and oxygen atoms in total. The largest absolute Gasteiger partial charge is 0.478 e. The molecule has 1 aromatic heterocycles. The Morgan fingerprint density at radius 3 is 2.50 bits per heavy atom. The Bertz CT molecular complexity index is 801. The standard InChI is InChI=1S/C17H23FN2O3Si/c1-17(2,3)24(4,5)23-9-11-6-10-7-12(16(21)22)13(18)8-14(10)20-15(11)19/h6-8H,9H2,1-5H3,(H2,19,20)(H,21,22). The summed E-state index contributed by atoms with van der Waals surface area (Å²) in [4.78, 5) is 15.3. The van der Waals surface area contributed by atoms with Crippen molar-refractivity contribution in [3.05, 3.63) is 35.1 Å². The molecule has 24 heavy (non-hydrogen) atoms. The topological polar surface area (TPSA) is 85.4 Å². The van der Waals surface area contributed by atoms with E-state index in [9.17, 15) is 9.18 Å². The fraction of sp³-hybridized carbons (Fsp3) is 0.412. The number of anilines is 1. The molecule has 2 rings (SSSR count). The van der Waals surface area contributed by atoms with Crippen molar-refractivity contribution in [1.29, 1.82) is 0 Å². The Morgan fingerprint density at radius 2 is 1.96 bits per heavy atom. The number of carboxylic acids is 1. The van der Waals surface area contributed by atoms with Crippen LogP contribution in [0.3, 0.4) is 0 Å². The minimum atomic E-state index is -1.95. The van der Waals surface area contributed by atoms with Gasteiger partial charge in [-0.15, -0.1) is 0 Å². The van der Waals surface area contributed by atoms with Crippen LogP contribution in [0.15, 0.2) is 18.2 Å². The monoisotopic (exact) mass is 350 g/mol. The molecule has 2 aromatic rings. The third kappa shape index (κ3) is 3.57. The minimum Gasteiger partial charge on any atom is -0.478 e. The van der Waals surface area contributed by atoms with Gasteiger partial charge in [-0.25, -0.2) is 14.2 Å².